The van der Waals surface area contributed by atoms with E-state index in [0.717, 1.165) is 11.1 Å². The first kappa shape index (κ1) is 29.5. The minimum Gasteiger partial charge on any atom is -0.457 e. The van der Waals surface area contributed by atoms with Crippen LogP contribution in [0, 0.1) is 45.3 Å². The summed E-state index contributed by atoms with van der Waals surface area (Å²) >= 11 is 0. The first-order chi connectivity index (χ1) is 23.5. The summed E-state index contributed by atoms with van der Waals surface area (Å²) in [7, 11) is 0. The molecular formula is C40H20N4O4. The fourth-order valence-electron chi connectivity index (χ4n) is 6.40. The number of carbonyl (C=O) groups is 2. The van der Waals surface area contributed by atoms with Crippen molar-refractivity contribution in [1.82, 2.24) is 0 Å². The predicted molar refractivity (Wildman–Crippen MR) is 178 cm³/mol. The van der Waals surface area contributed by atoms with E-state index in [1.165, 1.54) is 18.2 Å². The molecule has 0 saturated heterocycles. The van der Waals surface area contributed by atoms with Gasteiger partial charge in [-0.15, -0.1) is 0 Å². The molecule has 0 saturated carbocycles. The molecule has 0 heterocycles. The molecular weight excluding hydrogens is 600 g/mol. The summed E-state index contributed by atoms with van der Waals surface area (Å²) in [6.45, 7) is -0.0120. The van der Waals surface area contributed by atoms with Crippen molar-refractivity contribution in [3.05, 3.63) is 142 Å². The van der Waals surface area contributed by atoms with Gasteiger partial charge in [0.15, 0.2) is 0 Å². The maximum atomic E-state index is 13.6. The fourth-order valence-corrected chi connectivity index (χ4v) is 6.40. The van der Waals surface area contributed by atoms with Gasteiger partial charge in [0.05, 0.1) is 57.7 Å². The largest absolute Gasteiger partial charge is 0.457 e. The number of esters is 2. The van der Waals surface area contributed by atoms with Crippen LogP contribution >= 0.6 is 0 Å². The van der Waals surface area contributed by atoms with Crippen LogP contribution in [0.15, 0.2) is 97.1 Å². The second-order valence-corrected chi connectivity index (χ2v) is 11.1. The molecule has 0 aromatic heterocycles. The zero-order valence-corrected chi connectivity index (χ0v) is 25.1. The Morgan fingerprint density at radius 1 is 0.458 bits per heavy atom. The number of benzene rings is 7. The highest BCUT2D eigenvalue weighted by Crippen LogP contribution is 2.46. The molecule has 8 nitrogen and oxygen atoms in total. The first-order valence-corrected chi connectivity index (χ1v) is 14.8. The Balaban J connectivity index is 1.53. The second kappa shape index (κ2) is 11.9. The number of ether oxygens (including phenoxy) is 2. The van der Waals surface area contributed by atoms with Crippen LogP contribution in [0.4, 0.5) is 0 Å². The highest BCUT2D eigenvalue weighted by molar-refractivity contribution is 6.38. The Morgan fingerprint density at radius 2 is 0.896 bits per heavy atom. The van der Waals surface area contributed by atoms with Gasteiger partial charge in [0.2, 0.25) is 0 Å². The van der Waals surface area contributed by atoms with E-state index >= 15 is 0 Å². The van der Waals surface area contributed by atoms with Gasteiger partial charge in [-0.3, -0.25) is 0 Å². The van der Waals surface area contributed by atoms with Crippen molar-refractivity contribution in [2.24, 2.45) is 0 Å². The van der Waals surface area contributed by atoms with Crippen molar-refractivity contribution in [3.8, 4) is 24.3 Å². The van der Waals surface area contributed by atoms with Gasteiger partial charge in [-0.2, -0.15) is 21.0 Å². The van der Waals surface area contributed by atoms with Gasteiger partial charge in [-0.05, 0) is 46.2 Å². The van der Waals surface area contributed by atoms with Crippen LogP contribution in [-0.4, -0.2) is 11.9 Å². The van der Waals surface area contributed by atoms with Gasteiger partial charge in [0, 0.05) is 32.3 Å². The van der Waals surface area contributed by atoms with E-state index in [2.05, 4.69) is 24.3 Å². The minimum absolute atomic E-state index is 0.00868. The Morgan fingerprint density at radius 3 is 1.42 bits per heavy atom. The number of rotatable bonds is 6. The SMILES string of the molecule is N#Cc1cc(C#N)c2c3ccc(C#N)c4c(C(=O)OCc5ccccc5)cc(C#N)c(c5ccc(C(=O)OCc6ccccc6)c1c52)c43. The van der Waals surface area contributed by atoms with E-state index in [1.807, 2.05) is 60.7 Å². The fraction of sp³-hybridized carbons (Fsp3) is 0.0500. The average Bonchev–Trinajstić information content (AvgIpc) is 3.14. The third-order valence-corrected chi connectivity index (χ3v) is 8.45. The number of hydrogen-bond donors (Lipinski definition) is 0. The first-order valence-electron chi connectivity index (χ1n) is 14.8. The van der Waals surface area contributed by atoms with Crippen LogP contribution in [0.5, 0.6) is 0 Å². The van der Waals surface area contributed by atoms with Gasteiger partial charge >= 0.3 is 11.9 Å². The van der Waals surface area contributed by atoms with Gasteiger partial charge in [0.1, 0.15) is 13.2 Å². The lowest BCUT2D eigenvalue weighted by Gasteiger charge is -2.20. The third-order valence-electron chi connectivity index (χ3n) is 8.45. The van der Waals surface area contributed by atoms with Gasteiger partial charge in [0.25, 0.3) is 0 Å². The molecule has 7 aromatic rings. The molecule has 0 spiro atoms. The van der Waals surface area contributed by atoms with Gasteiger partial charge < -0.3 is 9.47 Å². The molecule has 224 valence electrons. The molecule has 7 aromatic carbocycles. The quantitative estimate of drug-likeness (QED) is 0.103. The number of nitriles is 4. The minimum atomic E-state index is -0.719. The van der Waals surface area contributed by atoms with E-state index in [1.54, 1.807) is 18.2 Å². The summed E-state index contributed by atoms with van der Waals surface area (Å²) < 4.78 is 11.3. The summed E-state index contributed by atoms with van der Waals surface area (Å²) in [5.41, 5.74) is 2.25. The van der Waals surface area contributed by atoms with Crippen LogP contribution < -0.4 is 0 Å². The molecule has 7 rings (SSSR count). The van der Waals surface area contributed by atoms with E-state index < -0.39 is 11.9 Å². The Hall–Kier alpha value is -7.26. The molecule has 48 heavy (non-hydrogen) atoms. The van der Waals surface area contributed by atoms with E-state index in [0.29, 0.717) is 32.3 Å². The zero-order valence-electron chi connectivity index (χ0n) is 25.1. The van der Waals surface area contributed by atoms with Gasteiger partial charge in [-0.25, -0.2) is 9.59 Å². The molecule has 0 amide bonds. The lowest BCUT2D eigenvalue weighted by molar-refractivity contribution is 0.0466. The number of hydrogen-bond acceptors (Lipinski definition) is 8. The van der Waals surface area contributed by atoms with Crippen LogP contribution in [-0.2, 0) is 22.7 Å². The third kappa shape index (κ3) is 4.67. The molecule has 0 radical (unpaired) electrons. The molecule has 0 unspecified atom stereocenters. The molecule has 0 aliphatic heterocycles. The summed E-state index contributed by atoms with van der Waals surface area (Å²) in [6.07, 6.45) is 0. The summed E-state index contributed by atoms with van der Waals surface area (Å²) in [4.78, 5) is 27.2. The maximum Gasteiger partial charge on any atom is 0.339 e. The van der Waals surface area contributed by atoms with Crippen LogP contribution in [0.2, 0.25) is 0 Å². The lowest BCUT2D eigenvalue weighted by Crippen LogP contribution is -2.09. The highest BCUT2D eigenvalue weighted by Gasteiger charge is 2.27. The Labute approximate surface area is 273 Å². The smallest absolute Gasteiger partial charge is 0.339 e. The molecule has 8 heteroatoms. The van der Waals surface area contributed by atoms with Crippen molar-refractivity contribution in [3.63, 3.8) is 0 Å². The van der Waals surface area contributed by atoms with Crippen molar-refractivity contribution in [2.45, 2.75) is 13.2 Å². The van der Waals surface area contributed by atoms with Crippen LogP contribution in [0.3, 0.4) is 0 Å². The molecule has 0 atom stereocenters. The van der Waals surface area contributed by atoms with Crippen molar-refractivity contribution in [1.29, 1.82) is 21.0 Å². The monoisotopic (exact) mass is 620 g/mol. The topological polar surface area (TPSA) is 148 Å². The molecule has 0 bridgehead atoms. The number of fused-ring (bicyclic) bond motifs is 2. The Kier molecular flexibility index (Phi) is 7.31. The second-order valence-electron chi connectivity index (χ2n) is 11.1. The molecule has 0 N–H and O–H groups in total. The molecule has 0 aliphatic carbocycles. The Bertz CT molecular complexity index is 2610. The summed E-state index contributed by atoms with van der Waals surface area (Å²) in [6, 6.07) is 36.2. The molecule has 0 fully saturated rings. The van der Waals surface area contributed by atoms with E-state index in [4.69, 9.17) is 9.47 Å². The lowest BCUT2D eigenvalue weighted by atomic mass is 9.81. The van der Waals surface area contributed by atoms with E-state index in [9.17, 15) is 30.6 Å². The van der Waals surface area contributed by atoms with Crippen molar-refractivity contribution < 1.29 is 19.1 Å². The van der Waals surface area contributed by atoms with Crippen molar-refractivity contribution in [2.75, 3.05) is 0 Å². The zero-order chi connectivity index (χ0) is 33.4. The maximum absolute atomic E-state index is 13.6. The van der Waals surface area contributed by atoms with Crippen LogP contribution in [0.25, 0.3) is 43.1 Å². The summed E-state index contributed by atoms with van der Waals surface area (Å²) in [5.74, 6) is -1.38. The standard InChI is InChI=1S/C40H20N4O4/c41-17-25-11-12-29-34-26(18-42)15-27(19-43)36-31(39(45)47-21-23-7-3-1-4-8-23)14-13-30(38(34)36)35-28(20-44)16-32(33(25)37(29)35)40(46)48-22-24-9-5-2-6-10-24/h1-16H,21-22H2. The van der Waals surface area contributed by atoms with Gasteiger partial charge in [-0.1, -0.05) is 72.8 Å². The normalized spacial score (nSPS) is 10.8. The predicted octanol–water partition coefficient (Wildman–Crippen LogP) is 7.94. The van der Waals surface area contributed by atoms with Crippen LogP contribution in [0.1, 0.15) is 54.1 Å². The average molecular weight is 621 g/mol. The molecule has 0 aliphatic rings. The van der Waals surface area contributed by atoms with Crippen molar-refractivity contribution >= 4 is 55.0 Å². The summed E-state index contributed by atoms with van der Waals surface area (Å²) in [5, 5.41) is 44.4. The number of carbonyl (C=O) groups excluding carboxylic acids is 2. The number of nitrogens with zero attached hydrogens (tertiary/aromatic N) is 4. The highest BCUT2D eigenvalue weighted by atomic mass is 16.5. The van der Waals surface area contributed by atoms with E-state index in [-0.39, 0.29) is 57.4 Å².